The number of hydrogen-bond acceptors (Lipinski definition) is 4. The van der Waals surface area contributed by atoms with Gasteiger partial charge in [0.15, 0.2) is 0 Å². The van der Waals surface area contributed by atoms with Gasteiger partial charge in [-0.3, -0.25) is 4.98 Å². The average Bonchev–Trinajstić information content (AvgIpc) is 2.41. The number of pyridine rings is 1. The van der Waals surface area contributed by atoms with Gasteiger partial charge < -0.3 is 15.2 Å². The largest absolute Gasteiger partial charge is 0.488 e. The molecule has 1 aliphatic rings. The molecule has 0 spiro atoms. The summed E-state index contributed by atoms with van der Waals surface area (Å²) in [7, 11) is 0. The molecule has 5 heteroatoms. The summed E-state index contributed by atoms with van der Waals surface area (Å²) in [6, 6.07) is 5.75. The topological polar surface area (TPSA) is 57.4 Å². The lowest BCUT2D eigenvalue weighted by Crippen LogP contribution is -2.35. The molecule has 112 valence electrons. The van der Waals surface area contributed by atoms with Crippen LogP contribution in [-0.4, -0.2) is 23.3 Å². The fourth-order valence-corrected chi connectivity index (χ4v) is 3.24. The van der Waals surface area contributed by atoms with Gasteiger partial charge in [0, 0.05) is 34.6 Å². The van der Waals surface area contributed by atoms with Crippen LogP contribution in [-0.2, 0) is 4.74 Å². The van der Waals surface area contributed by atoms with Crippen molar-refractivity contribution >= 4 is 32.5 Å². The van der Waals surface area contributed by atoms with Gasteiger partial charge in [-0.1, -0.05) is 0 Å². The third-order valence-corrected chi connectivity index (χ3v) is 4.19. The molecule has 1 fully saturated rings. The van der Waals surface area contributed by atoms with Crippen molar-refractivity contribution in [1.29, 1.82) is 0 Å². The third kappa shape index (κ3) is 3.14. The number of fused-ring (bicyclic) bond motifs is 1. The summed E-state index contributed by atoms with van der Waals surface area (Å²) >= 11 is 3.43. The minimum Gasteiger partial charge on any atom is -0.488 e. The van der Waals surface area contributed by atoms with E-state index in [0.717, 1.165) is 34.0 Å². The highest BCUT2D eigenvalue weighted by atomic mass is 79.9. The summed E-state index contributed by atoms with van der Waals surface area (Å²) in [5.41, 5.74) is 7.55. The Kier molecular flexibility index (Phi) is 4.04. The van der Waals surface area contributed by atoms with Crippen LogP contribution in [0.1, 0.15) is 26.7 Å². The average molecular weight is 351 g/mol. The fourth-order valence-electron chi connectivity index (χ4n) is 2.91. The van der Waals surface area contributed by atoms with Crippen LogP contribution in [0, 0.1) is 0 Å². The summed E-state index contributed by atoms with van der Waals surface area (Å²) in [5, 5.41) is 0.912. The summed E-state index contributed by atoms with van der Waals surface area (Å²) in [5.74, 6) is 0.790. The number of hydrogen-bond donors (Lipinski definition) is 1. The maximum absolute atomic E-state index is 6.19. The standard InChI is InChI=1S/C16H19BrN2O2/c1-9-5-12(6-10(2)20-9)21-15-4-3-14(18)13-7-11(17)8-19-16(13)15/h3-4,7-10,12H,5-6,18H2,1-2H3. The number of benzene rings is 1. The Bertz CT molecular complexity index is 652. The second-order valence-corrected chi connectivity index (χ2v) is 6.59. The van der Waals surface area contributed by atoms with Crippen molar-refractivity contribution in [3.8, 4) is 5.75 Å². The SMILES string of the molecule is CC1CC(Oc2ccc(N)c3cc(Br)cnc23)CC(C)O1. The van der Waals surface area contributed by atoms with Crippen LogP contribution < -0.4 is 10.5 Å². The third-order valence-electron chi connectivity index (χ3n) is 3.76. The van der Waals surface area contributed by atoms with Crippen molar-refractivity contribution in [2.75, 3.05) is 5.73 Å². The van der Waals surface area contributed by atoms with Crippen molar-refractivity contribution in [2.45, 2.75) is 45.0 Å². The molecule has 2 unspecified atom stereocenters. The van der Waals surface area contributed by atoms with E-state index in [1.165, 1.54) is 0 Å². The maximum Gasteiger partial charge on any atom is 0.146 e. The molecule has 0 saturated carbocycles. The summed E-state index contributed by atoms with van der Waals surface area (Å²) in [6.07, 6.45) is 4.16. The van der Waals surface area contributed by atoms with E-state index in [4.69, 9.17) is 15.2 Å². The Labute approximate surface area is 132 Å². The molecule has 0 aliphatic carbocycles. The molecule has 2 N–H and O–H groups in total. The molecule has 2 heterocycles. The normalized spacial score (nSPS) is 26.0. The molecular weight excluding hydrogens is 332 g/mol. The Morgan fingerprint density at radius 3 is 2.71 bits per heavy atom. The first-order valence-electron chi connectivity index (χ1n) is 7.19. The van der Waals surface area contributed by atoms with Gasteiger partial charge in [0.05, 0.1) is 12.2 Å². The summed E-state index contributed by atoms with van der Waals surface area (Å²) < 4.78 is 12.9. The van der Waals surface area contributed by atoms with Crippen LogP contribution >= 0.6 is 15.9 Å². The smallest absolute Gasteiger partial charge is 0.146 e. The highest BCUT2D eigenvalue weighted by Crippen LogP contribution is 2.32. The summed E-state index contributed by atoms with van der Waals surface area (Å²) in [6.45, 7) is 4.17. The Balaban J connectivity index is 1.92. The van der Waals surface area contributed by atoms with Gasteiger partial charge in [0.25, 0.3) is 0 Å². The van der Waals surface area contributed by atoms with E-state index >= 15 is 0 Å². The zero-order valence-corrected chi connectivity index (χ0v) is 13.8. The van der Waals surface area contributed by atoms with Crippen LogP contribution in [0.2, 0.25) is 0 Å². The lowest BCUT2D eigenvalue weighted by atomic mass is 10.0. The Hall–Kier alpha value is -1.33. The molecule has 0 bridgehead atoms. The van der Waals surface area contributed by atoms with Gasteiger partial charge in [0.1, 0.15) is 17.4 Å². The predicted octanol–water partition coefficient (Wildman–Crippen LogP) is 3.91. The zero-order valence-electron chi connectivity index (χ0n) is 12.2. The van der Waals surface area contributed by atoms with E-state index in [-0.39, 0.29) is 18.3 Å². The van der Waals surface area contributed by atoms with Gasteiger partial charge in [-0.05, 0) is 48.0 Å². The molecule has 1 saturated heterocycles. The number of rotatable bonds is 2. The number of nitrogens with zero attached hydrogens (tertiary/aromatic N) is 1. The molecule has 2 atom stereocenters. The lowest BCUT2D eigenvalue weighted by Gasteiger charge is -2.32. The molecule has 4 nitrogen and oxygen atoms in total. The first-order chi connectivity index (χ1) is 10.0. The van der Waals surface area contributed by atoms with Gasteiger partial charge >= 0.3 is 0 Å². The van der Waals surface area contributed by atoms with Gasteiger partial charge in [-0.25, -0.2) is 0 Å². The van der Waals surface area contributed by atoms with E-state index in [1.807, 2.05) is 18.2 Å². The van der Waals surface area contributed by atoms with Crippen molar-refractivity contribution in [1.82, 2.24) is 4.98 Å². The van der Waals surface area contributed by atoms with E-state index in [2.05, 4.69) is 34.8 Å². The van der Waals surface area contributed by atoms with Crippen LogP contribution in [0.25, 0.3) is 10.9 Å². The monoisotopic (exact) mass is 350 g/mol. The molecule has 1 aliphatic heterocycles. The Morgan fingerprint density at radius 2 is 2.00 bits per heavy atom. The molecule has 1 aromatic carbocycles. The van der Waals surface area contributed by atoms with E-state index in [0.29, 0.717) is 5.69 Å². The van der Waals surface area contributed by atoms with Crippen LogP contribution in [0.15, 0.2) is 28.9 Å². The number of aromatic nitrogens is 1. The van der Waals surface area contributed by atoms with E-state index in [9.17, 15) is 0 Å². The molecule has 0 amide bonds. The first-order valence-corrected chi connectivity index (χ1v) is 7.98. The number of ether oxygens (including phenoxy) is 2. The molecule has 1 aromatic heterocycles. The van der Waals surface area contributed by atoms with Crippen molar-refractivity contribution < 1.29 is 9.47 Å². The van der Waals surface area contributed by atoms with E-state index < -0.39 is 0 Å². The number of halogens is 1. The number of nitrogens with two attached hydrogens (primary N) is 1. The van der Waals surface area contributed by atoms with E-state index in [1.54, 1.807) is 6.20 Å². The second-order valence-electron chi connectivity index (χ2n) is 5.67. The van der Waals surface area contributed by atoms with Gasteiger partial charge in [-0.2, -0.15) is 0 Å². The highest BCUT2D eigenvalue weighted by molar-refractivity contribution is 9.10. The number of nitrogen functional groups attached to an aromatic ring is 1. The minimum atomic E-state index is 0.154. The molecule has 3 rings (SSSR count). The van der Waals surface area contributed by atoms with Crippen molar-refractivity contribution in [2.24, 2.45) is 0 Å². The highest BCUT2D eigenvalue weighted by Gasteiger charge is 2.26. The second kappa shape index (κ2) is 5.81. The van der Waals surface area contributed by atoms with Crippen LogP contribution in [0.5, 0.6) is 5.75 Å². The van der Waals surface area contributed by atoms with Crippen LogP contribution in [0.3, 0.4) is 0 Å². The zero-order chi connectivity index (χ0) is 15.0. The fraction of sp³-hybridized carbons (Fsp3) is 0.438. The minimum absolute atomic E-state index is 0.154. The quantitative estimate of drug-likeness (QED) is 0.834. The predicted molar refractivity (Wildman–Crippen MR) is 87.5 cm³/mol. The Morgan fingerprint density at radius 1 is 1.29 bits per heavy atom. The first kappa shape index (κ1) is 14.6. The van der Waals surface area contributed by atoms with Crippen LogP contribution in [0.4, 0.5) is 5.69 Å². The molecule has 2 aromatic rings. The van der Waals surface area contributed by atoms with Gasteiger partial charge in [0.2, 0.25) is 0 Å². The maximum atomic E-state index is 6.19. The lowest BCUT2D eigenvalue weighted by molar-refractivity contribution is -0.0718. The molecule has 0 radical (unpaired) electrons. The van der Waals surface area contributed by atoms with Crippen molar-refractivity contribution in [3.05, 3.63) is 28.9 Å². The summed E-state index contributed by atoms with van der Waals surface area (Å²) in [4.78, 5) is 4.46. The number of anilines is 1. The molecule has 21 heavy (non-hydrogen) atoms. The van der Waals surface area contributed by atoms with Gasteiger partial charge in [-0.15, -0.1) is 0 Å². The molecular formula is C16H19BrN2O2. The van der Waals surface area contributed by atoms with Crippen molar-refractivity contribution in [3.63, 3.8) is 0 Å².